The molecule has 1 aromatic carbocycles. The van der Waals surface area contributed by atoms with Crippen LogP contribution in [0, 0.1) is 19.8 Å². The fraction of sp³-hybridized carbons (Fsp3) is 0.233. The molecule has 0 saturated carbocycles. The van der Waals surface area contributed by atoms with Crippen LogP contribution in [0.2, 0.25) is 0 Å². The van der Waals surface area contributed by atoms with Gasteiger partial charge in [0, 0.05) is 47.4 Å². The monoisotopic (exact) mass is 449 g/mol. The molecule has 3 heterocycles. The Morgan fingerprint density at radius 1 is 1.24 bits per heavy atom. The van der Waals surface area contributed by atoms with Crippen molar-refractivity contribution in [3.63, 3.8) is 0 Å². The predicted octanol–water partition coefficient (Wildman–Crippen LogP) is 7.42. The molecule has 2 aliphatic rings. The second kappa shape index (κ2) is 7.69. The van der Waals surface area contributed by atoms with E-state index in [4.69, 9.17) is 4.98 Å². The molecule has 4 aromatic rings. The number of nitrogens with zero attached hydrogens (tertiary/aromatic N) is 2. The number of aromatic amines is 1. The highest BCUT2D eigenvalue weighted by molar-refractivity contribution is 6.07. The molecule has 0 fully saturated rings. The molecule has 0 aliphatic heterocycles. The van der Waals surface area contributed by atoms with Crippen molar-refractivity contribution >= 4 is 28.6 Å². The number of allylic oxidation sites excluding steroid dienone is 3. The van der Waals surface area contributed by atoms with Crippen LogP contribution in [0.1, 0.15) is 52.7 Å². The number of pyridine rings is 1. The summed E-state index contributed by atoms with van der Waals surface area (Å²) in [5.74, 6) is -0.258. The van der Waals surface area contributed by atoms with Crippen LogP contribution < -0.4 is 0 Å². The zero-order chi connectivity index (χ0) is 23.6. The molecule has 0 saturated heterocycles. The van der Waals surface area contributed by atoms with Crippen LogP contribution in [0.15, 0.2) is 48.7 Å². The van der Waals surface area contributed by atoms with E-state index < -0.39 is 0 Å². The summed E-state index contributed by atoms with van der Waals surface area (Å²) in [5, 5.41) is 1.29. The number of H-pyrrole nitrogens is 1. The van der Waals surface area contributed by atoms with E-state index in [2.05, 4.69) is 67.3 Å². The molecule has 0 radical (unpaired) electrons. The molecule has 0 bridgehead atoms. The molecule has 0 unspecified atom stereocenters. The lowest BCUT2D eigenvalue weighted by Crippen LogP contribution is -2.12. The summed E-state index contributed by atoms with van der Waals surface area (Å²) < 4.78 is 16.2. The van der Waals surface area contributed by atoms with Crippen LogP contribution in [0.25, 0.3) is 39.8 Å². The summed E-state index contributed by atoms with van der Waals surface area (Å²) in [4.78, 5) is 7.56. The van der Waals surface area contributed by atoms with Gasteiger partial charge in [-0.15, -0.1) is 0 Å². The number of fused-ring (bicyclic) bond motifs is 6. The molecule has 170 valence electrons. The maximum atomic E-state index is 13.8. The molecule has 1 N–H and O–H groups in total. The third kappa shape index (κ3) is 3.05. The summed E-state index contributed by atoms with van der Waals surface area (Å²) in [6, 6.07) is 8.16. The highest BCUT2D eigenvalue weighted by Crippen LogP contribution is 2.47. The van der Waals surface area contributed by atoms with Crippen molar-refractivity contribution in [2.45, 2.75) is 46.6 Å². The Hall–Kier alpha value is -3.66. The first-order valence-electron chi connectivity index (χ1n) is 11.9. The van der Waals surface area contributed by atoms with Gasteiger partial charge in [0.05, 0.1) is 16.9 Å². The quantitative estimate of drug-likeness (QED) is 0.347. The Morgan fingerprint density at radius 3 is 2.91 bits per heavy atom. The Morgan fingerprint density at radius 2 is 2.09 bits per heavy atom. The van der Waals surface area contributed by atoms with Gasteiger partial charge in [-0.05, 0) is 79.1 Å². The van der Waals surface area contributed by atoms with Crippen LogP contribution >= 0.6 is 0 Å². The predicted molar refractivity (Wildman–Crippen MR) is 139 cm³/mol. The van der Waals surface area contributed by atoms with Gasteiger partial charge >= 0.3 is 0 Å². The molecule has 4 heteroatoms. The van der Waals surface area contributed by atoms with Crippen molar-refractivity contribution in [3.8, 4) is 11.1 Å². The number of nitrogens with one attached hydrogen (secondary N) is 1. The van der Waals surface area contributed by atoms with Gasteiger partial charge in [0.1, 0.15) is 0 Å². The van der Waals surface area contributed by atoms with Crippen molar-refractivity contribution in [3.05, 3.63) is 94.0 Å². The van der Waals surface area contributed by atoms with Crippen molar-refractivity contribution in [1.29, 1.82) is 0 Å². The average molecular weight is 450 g/mol. The van der Waals surface area contributed by atoms with E-state index in [-0.39, 0.29) is 5.95 Å². The van der Waals surface area contributed by atoms with Crippen LogP contribution in [-0.4, -0.2) is 14.5 Å². The maximum Gasteiger partial charge on any atom is 0.191 e. The Bertz CT molecular complexity index is 1560. The maximum absolute atomic E-state index is 13.8. The van der Waals surface area contributed by atoms with Gasteiger partial charge in [-0.2, -0.15) is 4.39 Å². The summed E-state index contributed by atoms with van der Waals surface area (Å²) >= 11 is 0. The fourth-order valence-corrected chi connectivity index (χ4v) is 5.91. The smallest absolute Gasteiger partial charge is 0.191 e. The van der Waals surface area contributed by atoms with E-state index in [0.29, 0.717) is 0 Å². The topological polar surface area (TPSA) is 33.6 Å². The summed E-state index contributed by atoms with van der Waals surface area (Å²) in [7, 11) is 0. The second-order valence-electron chi connectivity index (χ2n) is 9.57. The van der Waals surface area contributed by atoms with Crippen molar-refractivity contribution in [2.24, 2.45) is 0 Å². The van der Waals surface area contributed by atoms with E-state index in [0.717, 1.165) is 48.3 Å². The molecule has 0 spiro atoms. The highest BCUT2D eigenvalue weighted by atomic mass is 19.1. The minimum atomic E-state index is -0.258. The van der Waals surface area contributed by atoms with Gasteiger partial charge in [-0.3, -0.25) is 4.98 Å². The molecule has 2 aliphatic carbocycles. The minimum Gasteiger partial charge on any atom is -0.336 e. The SMILES string of the molecule is C=C1Cc2ncccc2-c2c1n(CC1=Cc3cc(F)[nH]c3CC1)c1cc(C)c(/C=C\C)c(C)c21. The third-order valence-electron chi connectivity index (χ3n) is 7.39. The van der Waals surface area contributed by atoms with Crippen LogP contribution in [-0.2, 0) is 19.4 Å². The lowest BCUT2D eigenvalue weighted by molar-refractivity contribution is 0.586. The number of aromatic nitrogens is 3. The van der Waals surface area contributed by atoms with Crippen LogP contribution in [0.4, 0.5) is 4.39 Å². The van der Waals surface area contributed by atoms with E-state index in [1.807, 2.05) is 12.3 Å². The van der Waals surface area contributed by atoms with E-state index in [9.17, 15) is 4.39 Å². The lowest BCUT2D eigenvalue weighted by Gasteiger charge is -2.22. The average Bonchev–Trinajstić information content (AvgIpc) is 3.34. The molecular formula is C30H28FN3. The molecular weight excluding hydrogens is 421 g/mol. The van der Waals surface area contributed by atoms with E-state index in [1.54, 1.807) is 6.07 Å². The Kier molecular flexibility index (Phi) is 4.73. The zero-order valence-corrected chi connectivity index (χ0v) is 19.9. The standard InChI is InChI=1S/C30H28FN3/c1-5-7-22-17(2)13-26-28(19(22)4)29-23-8-6-11-32-25(23)12-18(3)30(29)34(26)16-20-9-10-24-21(14-20)15-27(31)33-24/h5-8,11,13-15,33H,3,9-10,12,16H2,1-2,4H3/b7-5-. The number of hydrogen-bond acceptors (Lipinski definition) is 1. The first kappa shape index (κ1) is 20.9. The van der Waals surface area contributed by atoms with Gasteiger partial charge in [0.25, 0.3) is 0 Å². The van der Waals surface area contributed by atoms with Crippen molar-refractivity contribution in [1.82, 2.24) is 14.5 Å². The third-order valence-corrected chi connectivity index (χ3v) is 7.39. The van der Waals surface area contributed by atoms with Gasteiger partial charge in [0.2, 0.25) is 0 Å². The molecule has 34 heavy (non-hydrogen) atoms. The molecule has 0 amide bonds. The fourth-order valence-electron chi connectivity index (χ4n) is 5.91. The number of aryl methyl sites for hydroxylation is 3. The summed E-state index contributed by atoms with van der Waals surface area (Å²) in [6.07, 6.45) is 10.9. The Labute approximate surface area is 199 Å². The number of benzene rings is 1. The molecule has 0 atom stereocenters. The number of rotatable bonds is 3. The van der Waals surface area contributed by atoms with Gasteiger partial charge < -0.3 is 9.55 Å². The normalized spacial score (nSPS) is 14.9. The van der Waals surface area contributed by atoms with E-state index >= 15 is 0 Å². The Balaban J connectivity index is 1.64. The minimum absolute atomic E-state index is 0.258. The van der Waals surface area contributed by atoms with Gasteiger partial charge in [0.15, 0.2) is 5.95 Å². The number of halogens is 1. The second-order valence-corrected chi connectivity index (χ2v) is 9.57. The number of hydrogen-bond donors (Lipinski definition) is 1. The van der Waals surface area contributed by atoms with Crippen molar-refractivity contribution < 1.29 is 4.39 Å². The van der Waals surface area contributed by atoms with Gasteiger partial charge in [-0.25, -0.2) is 0 Å². The summed E-state index contributed by atoms with van der Waals surface area (Å²) in [6.45, 7) is 11.8. The van der Waals surface area contributed by atoms with Crippen LogP contribution in [0.3, 0.4) is 0 Å². The lowest BCUT2D eigenvalue weighted by atomic mass is 9.86. The largest absolute Gasteiger partial charge is 0.336 e. The first-order chi connectivity index (χ1) is 16.5. The van der Waals surface area contributed by atoms with Crippen molar-refractivity contribution in [2.75, 3.05) is 0 Å². The molecule has 3 aromatic heterocycles. The molecule has 6 rings (SSSR count). The van der Waals surface area contributed by atoms with E-state index in [1.165, 1.54) is 50.0 Å². The van der Waals surface area contributed by atoms with Gasteiger partial charge in [-0.1, -0.05) is 30.9 Å². The summed E-state index contributed by atoms with van der Waals surface area (Å²) in [5.41, 5.74) is 14.2. The molecule has 3 nitrogen and oxygen atoms in total. The zero-order valence-electron chi connectivity index (χ0n) is 19.9. The van der Waals surface area contributed by atoms with Crippen LogP contribution in [0.5, 0.6) is 0 Å². The highest BCUT2D eigenvalue weighted by Gasteiger charge is 2.29. The first-order valence-corrected chi connectivity index (χ1v) is 11.9.